The smallest absolute Gasteiger partial charge is 0.338 e. The summed E-state index contributed by atoms with van der Waals surface area (Å²) in [5, 5.41) is 8.82. The van der Waals surface area contributed by atoms with Crippen LogP contribution in [0.2, 0.25) is 0 Å². The summed E-state index contributed by atoms with van der Waals surface area (Å²) in [6.45, 7) is 0.527. The fraction of sp³-hybridized carbons (Fsp3) is 0.333. The molecule has 0 aliphatic heterocycles. The molecule has 1 aliphatic carbocycles. The summed E-state index contributed by atoms with van der Waals surface area (Å²) in [5.41, 5.74) is 2.82. The lowest BCUT2D eigenvalue weighted by Crippen LogP contribution is -2.09. The fourth-order valence-electron chi connectivity index (χ4n) is 2.69. The first-order valence-corrected chi connectivity index (χ1v) is 6.70. The van der Waals surface area contributed by atoms with Gasteiger partial charge in [0.25, 0.3) is 0 Å². The number of rotatable bonds is 3. The van der Waals surface area contributed by atoms with Gasteiger partial charge in [0, 0.05) is 12.2 Å². The predicted octanol–water partition coefficient (Wildman–Crippen LogP) is 2.65. The van der Waals surface area contributed by atoms with Crippen molar-refractivity contribution in [3.05, 3.63) is 52.9 Å². The predicted molar refractivity (Wildman–Crippen MR) is 71.3 cm³/mol. The largest absolute Gasteiger partial charge is 0.478 e. The van der Waals surface area contributed by atoms with Crippen LogP contribution in [0.25, 0.3) is 0 Å². The monoisotopic (exact) mass is 274 g/mol. The van der Waals surface area contributed by atoms with E-state index >= 15 is 0 Å². The maximum absolute atomic E-state index is 13.7. The number of carbonyl (C=O) groups is 1. The van der Waals surface area contributed by atoms with Crippen molar-refractivity contribution in [3.8, 4) is 0 Å². The van der Waals surface area contributed by atoms with E-state index in [1.165, 1.54) is 24.2 Å². The van der Waals surface area contributed by atoms with E-state index in [0.717, 1.165) is 30.5 Å². The standard InChI is InChI=1S/C15H15FN2O2/c16-12-7-10(5-6-11(12)15(19)20)8-18-9-17-13-3-1-2-4-14(13)18/h5-7,9H,1-4,8H2,(H,19,20). The molecule has 1 aromatic carbocycles. The molecular formula is C15H15FN2O2. The minimum Gasteiger partial charge on any atom is -0.478 e. The van der Waals surface area contributed by atoms with Crippen LogP contribution < -0.4 is 0 Å². The molecule has 0 bridgehead atoms. The van der Waals surface area contributed by atoms with Crippen LogP contribution in [-0.4, -0.2) is 20.6 Å². The highest BCUT2D eigenvalue weighted by atomic mass is 19.1. The zero-order valence-electron chi connectivity index (χ0n) is 11.0. The molecule has 4 nitrogen and oxygen atoms in total. The summed E-state index contributed by atoms with van der Waals surface area (Å²) < 4.78 is 15.7. The highest BCUT2D eigenvalue weighted by Gasteiger charge is 2.16. The minimum absolute atomic E-state index is 0.290. The number of hydrogen-bond donors (Lipinski definition) is 1. The maximum atomic E-state index is 13.7. The quantitative estimate of drug-likeness (QED) is 0.936. The number of carboxylic acids is 1. The van der Waals surface area contributed by atoms with Gasteiger partial charge in [-0.15, -0.1) is 0 Å². The van der Waals surface area contributed by atoms with Crippen molar-refractivity contribution in [2.75, 3.05) is 0 Å². The molecule has 1 aromatic heterocycles. The van der Waals surface area contributed by atoms with Gasteiger partial charge in [-0.05, 0) is 43.4 Å². The van der Waals surface area contributed by atoms with E-state index in [4.69, 9.17) is 5.11 Å². The molecule has 1 N–H and O–H groups in total. The first-order valence-electron chi connectivity index (χ1n) is 6.70. The number of fused-ring (bicyclic) bond motifs is 1. The molecule has 0 unspecified atom stereocenters. The Labute approximate surface area is 115 Å². The van der Waals surface area contributed by atoms with Crippen LogP contribution in [0.15, 0.2) is 24.5 Å². The molecule has 0 amide bonds. The number of halogens is 1. The molecular weight excluding hydrogens is 259 g/mol. The summed E-state index contributed by atoms with van der Waals surface area (Å²) in [7, 11) is 0. The number of imidazole rings is 1. The minimum atomic E-state index is -1.24. The first-order chi connectivity index (χ1) is 9.65. The highest BCUT2D eigenvalue weighted by Crippen LogP contribution is 2.21. The van der Waals surface area contributed by atoms with Crippen molar-refractivity contribution in [3.63, 3.8) is 0 Å². The van der Waals surface area contributed by atoms with Crippen molar-refractivity contribution in [2.45, 2.75) is 32.2 Å². The Balaban J connectivity index is 1.86. The molecule has 2 aromatic rings. The fourth-order valence-corrected chi connectivity index (χ4v) is 2.69. The summed E-state index contributed by atoms with van der Waals surface area (Å²) in [6, 6.07) is 4.26. The lowest BCUT2D eigenvalue weighted by Gasteiger charge is -2.14. The molecule has 0 atom stereocenters. The number of aromatic carboxylic acids is 1. The van der Waals surface area contributed by atoms with Gasteiger partial charge in [0.2, 0.25) is 0 Å². The van der Waals surface area contributed by atoms with E-state index in [2.05, 4.69) is 4.98 Å². The molecule has 1 aliphatic rings. The molecule has 1 heterocycles. The van der Waals surface area contributed by atoms with Gasteiger partial charge in [0.05, 0.1) is 17.6 Å². The van der Waals surface area contributed by atoms with Crippen LogP contribution >= 0.6 is 0 Å². The Morgan fingerprint density at radius 2 is 2.15 bits per heavy atom. The summed E-state index contributed by atoms with van der Waals surface area (Å²) in [4.78, 5) is 15.2. The van der Waals surface area contributed by atoms with Gasteiger partial charge >= 0.3 is 5.97 Å². The van der Waals surface area contributed by atoms with Gasteiger partial charge < -0.3 is 9.67 Å². The third kappa shape index (κ3) is 2.31. The zero-order valence-corrected chi connectivity index (χ0v) is 11.0. The molecule has 0 saturated heterocycles. The van der Waals surface area contributed by atoms with E-state index in [1.807, 2.05) is 4.57 Å². The van der Waals surface area contributed by atoms with E-state index in [1.54, 1.807) is 12.4 Å². The average molecular weight is 274 g/mol. The van der Waals surface area contributed by atoms with E-state index < -0.39 is 11.8 Å². The Morgan fingerprint density at radius 3 is 2.90 bits per heavy atom. The van der Waals surface area contributed by atoms with Crippen LogP contribution in [-0.2, 0) is 19.4 Å². The topological polar surface area (TPSA) is 55.1 Å². The van der Waals surface area contributed by atoms with Gasteiger partial charge in [-0.3, -0.25) is 0 Å². The summed E-state index contributed by atoms with van der Waals surface area (Å²) in [6.07, 6.45) is 6.13. The molecule has 20 heavy (non-hydrogen) atoms. The highest BCUT2D eigenvalue weighted by molar-refractivity contribution is 5.87. The van der Waals surface area contributed by atoms with E-state index in [0.29, 0.717) is 6.54 Å². The van der Waals surface area contributed by atoms with Crippen molar-refractivity contribution in [1.82, 2.24) is 9.55 Å². The number of nitrogens with zero attached hydrogens (tertiary/aromatic N) is 2. The van der Waals surface area contributed by atoms with Crippen LogP contribution in [0.1, 0.15) is 40.2 Å². The van der Waals surface area contributed by atoms with Crippen LogP contribution in [0.3, 0.4) is 0 Å². The van der Waals surface area contributed by atoms with Crippen molar-refractivity contribution < 1.29 is 14.3 Å². The lowest BCUT2D eigenvalue weighted by molar-refractivity contribution is 0.0692. The number of hydrogen-bond acceptors (Lipinski definition) is 2. The molecule has 0 radical (unpaired) electrons. The van der Waals surface area contributed by atoms with Crippen molar-refractivity contribution >= 4 is 5.97 Å². The lowest BCUT2D eigenvalue weighted by atomic mass is 10.0. The van der Waals surface area contributed by atoms with Crippen molar-refractivity contribution in [2.24, 2.45) is 0 Å². The normalized spacial score (nSPS) is 14.1. The summed E-state index contributed by atoms with van der Waals surface area (Å²) >= 11 is 0. The van der Waals surface area contributed by atoms with Gasteiger partial charge in [0.1, 0.15) is 5.82 Å². The number of carboxylic acid groups (broad SMARTS) is 1. The Hall–Kier alpha value is -2.17. The maximum Gasteiger partial charge on any atom is 0.338 e. The third-order valence-electron chi connectivity index (χ3n) is 3.73. The third-order valence-corrected chi connectivity index (χ3v) is 3.73. The van der Waals surface area contributed by atoms with Gasteiger partial charge in [-0.25, -0.2) is 14.2 Å². The molecule has 0 fully saturated rings. The second kappa shape index (κ2) is 5.07. The van der Waals surface area contributed by atoms with Gasteiger partial charge in [-0.1, -0.05) is 6.07 Å². The molecule has 3 rings (SSSR count). The average Bonchev–Trinajstić information content (AvgIpc) is 2.82. The molecule has 5 heteroatoms. The Bertz CT molecular complexity index is 664. The Kier molecular flexibility index (Phi) is 3.26. The zero-order chi connectivity index (χ0) is 14.1. The number of aryl methyl sites for hydroxylation is 1. The van der Waals surface area contributed by atoms with E-state index in [-0.39, 0.29) is 5.56 Å². The second-order valence-electron chi connectivity index (χ2n) is 5.09. The first kappa shape index (κ1) is 12.8. The van der Waals surface area contributed by atoms with E-state index in [9.17, 15) is 9.18 Å². The van der Waals surface area contributed by atoms with Gasteiger partial charge in [0.15, 0.2) is 0 Å². The number of aromatic nitrogens is 2. The summed E-state index contributed by atoms with van der Waals surface area (Å²) in [5.74, 6) is -1.93. The Morgan fingerprint density at radius 1 is 1.35 bits per heavy atom. The SMILES string of the molecule is O=C(O)c1ccc(Cn2cnc3c2CCCC3)cc1F. The number of benzene rings is 1. The van der Waals surface area contributed by atoms with Crippen LogP contribution in [0, 0.1) is 5.82 Å². The molecule has 0 spiro atoms. The van der Waals surface area contributed by atoms with Crippen molar-refractivity contribution in [1.29, 1.82) is 0 Å². The van der Waals surface area contributed by atoms with Crippen LogP contribution in [0.5, 0.6) is 0 Å². The molecule has 104 valence electrons. The van der Waals surface area contributed by atoms with Crippen LogP contribution in [0.4, 0.5) is 4.39 Å². The second-order valence-corrected chi connectivity index (χ2v) is 5.09. The van der Waals surface area contributed by atoms with Gasteiger partial charge in [-0.2, -0.15) is 0 Å². The molecule has 0 saturated carbocycles.